The number of benzene rings is 2. The summed E-state index contributed by atoms with van der Waals surface area (Å²) in [4.78, 5) is 4.58. The molecule has 0 spiro atoms. The molecule has 0 aliphatic carbocycles. The van der Waals surface area contributed by atoms with Crippen molar-refractivity contribution in [3.05, 3.63) is 78.1 Å². The van der Waals surface area contributed by atoms with E-state index in [1.54, 1.807) is 29.1 Å². The van der Waals surface area contributed by atoms with Gasteiger partial charge in [0.05, 0.1) is 21.8 Å². The quantitative estimate of drug-likeness (QED) is 0.523. The monoisotopic (exact) mass is 406 g/mol. The lowest BCUT2D eigenvalue weighted by Crippen LogP contribution is -2.16. The molecule has 6 nitrogen and oxygen atoms in total. The van der Waals surface area contributed by atoms with Gasteiger partial charge in [-0.25, -0.2) is 13.1 Å². The molecule has 2 aromatic heterocycles. The van der Waals surface area contributed by atoms with Gasteiger partial charge >= 0.3 is 0 Å². The molecule has 0 radical (unpaired) electrons. The summed E-state index contributed by atoms with van der Waals surface area (Å²) in [5.41, 5.74) is 3.37. The number of sulfonamides is 1. The average molecular weight is 407 g/mol. The topological polar surface area (TPSA) is 76.9 Å². The first-order valence-electron chi connectivity index (χ1n) is 9.39. The molecule has 0 aliphatic rings. The number of rotatable bonds is 5. The third kappa shape index (κ3) is 3.73. The molecular weight excluding hydrogens is 384 g/mol. The van der Waals surface area contributed by atoms with Crippen LogP contribution in [0, 0.1) is 6.92 Å². The Kier molecular flexibility index (Phi) is 4.84. The molecule has 7 heteroatoms. The largest absolute Gasteiger partial charge is 0.263 e. The van der Waals surface area contributed by atoms with Crippen molar-refractivity contribution < 1.29 is 8.42 Å². The van der Waals surface area contributed by atoms with E-state index in [1.165, 1.54) is 0 Å². The van der Waals surface area contributed by atoms with E-state index in [4.69, 9.17) is 0 Å². The Morgan fingerprint density at radius 2 is 1.76 bits per heavy atom. The highest BCUT2D eigenvalue weighted by atomic mass is 32.2. The van der Waals surface area contributed by atoms with Gasteiger partial charge in [0.1, 0.15) is 5.82 Å². The minimum atomic E-state index is -3.75. The number of aryl methyl sites for hydroxylation is 1. The van der Waals surface area contributed by atoms with Crippen LogP contribution in [0.25, 0.3) is 16.6 Å². The van der Waals surface area contributed by atoms with Gasteiger partial charge in [0.2, 0.25) is 0 Å². The number of hydrogen-bond donors (Lipinski definition) is 1. The van der Waals surface area contributed by atoms with Gasteiger partial charge in [0.15, 0.2) is 0 Å². The second-order valence-corrected chi connectivity index (χ2v) is 8.94. The normalized spacial score (nSPS) is 11.9. The first-order valence-corrected chi connectivity index (χ1v) is 10.9. The maximum atomic E-state index is 13.0. The smallest absolute Gasteiger partial charge is 0.263 e. The summed E-state index contributed by atoms with van der Waals surface area (Å²) in [6.45, 7) is 5.97. The molecule has 4 rings (SSSR count). The molecular formula is C22H22N4O2S. The number of nitrogens with one attached hydrogen (secondary N) is 1. The lowest BCUT2D eigenvalue weighted by atomic mass is 10.0. The lowest BCUT2D eigenvalue weighted by molar-refractivity contribution is 0.600. The summed E-state index contributed by atoms with van der Waals surface area (Å²) in [6.07, 6.45) is 1.73. The standard InChI is InChI=1S/C22H22N4O2S/c1-15(2)17-9-11-18(12-10-17)29(27,28)25-22-14-16(3)24-26(22)21-8-4-7-20-19(21)6-5-13-23-20/h4-15,25H,1-3H3. The molecule has 29 heavy (non-hydrogen) atoms. The van der Waals surface area contributed by atoms with Crippen molar-refractivity contribution in [2.24, 2.45) is 0 Å². The molecule has 0 unspecified atom stereocenters. The van der Waals surface area contributed by atoms with Gasteiger partial charge in [-0.15, -0.1) is 0 Å². The highest BCUT2D eigenvalue weighted by Gasteiger charge is 2.19. The lowest BCUT2D eigenvalue weighted by Gasteiger charge is -2.13. The summed E-state index contributed by atoms with van der Waals surface area (Å²) < 4.78 is 30.2. The van der Waals surface area contributed by atoms with Crippen LogP contribution in [0.15, 0.2) is 71.8 Å². The van der Waals surface area contributed by atoms with Gasteiger partial charge in [-0.05, 0) is 54.8 Å². The van der Waals surface area contributed by atoms with E-state index < -0.39 is 10.0 Å². The molecule has 2 heterocycles. The fourth-order valence-corrected chi connectivity index (χ4v) is 4.29. The van der Waals surface area contributed by atoms with Crippen LogP contribution in [0.4, 0.5) is 5.82 Å². The molecule has 4 aromatic rings. The first kappa shape index (κ1) is 19.1. The van der Waals surface area contributed by atoms with Crippen molar-refractivity contribution >= 4 is 26.7 Å². The van der Waals surface area contributed by atoms with Crippen molar-refractivity contribution in [3.63, 3.8) is 0 Å². The molecule has 0 aliphatic heterocycles. The zero-order valence-electron chi connectivity index (χ0n) is 16.5. The van der Waals surface area contributed by atoms with Gasteiger partial charge in [-0.2, -0.15) is 5.10 Å². The molecule has 2 aromatic carbocycles. The van der Waals surface area contributed by atoms with Crippen LogP contribution in [0.5, 0.6) is 0 Å². The van der Waals surface area contributed by atoms with Crippen LogP contribution in [0.3, 0.4) is 0 Å². The molecule has 0 saturated heterocycles. The molecule has 0 atom stereocenters. The number of hydrogen-bond acceptors (Lipinski definition) is 4. The molecule has 0 saturated carbocycles. The third-order valence-electron chi connectivity index (χ3n) is 4.78. The third-order valence-corrected chi connectivity index (χ3v) is 6.15. The van der Waals surface area contributed by atoms with Gasteiger partial charge in [-0.1, -0.05) is 32.0 Å². The Labute approximate surface area is 170 Å². The summed E-state index contributed by atoms with van der Waals surface area (Å²) >= 11 is 0. The number of fused-ring (bicyclic) bond motifs is 1. The van der Waals surface area contributed by atoms with Crippen molar-refractivity contribution in [2.45, 2.75) is 31.6 Å². The Balaban J connectivity index is 1.75. The van der Waals surface area contributed by atoms with Crippen LogP contribution in [-0.4, -0.2) is 23.2 Å². The van der Waals surface area contributed by atoms with Crippen LogP contribution >= 0.6 is 0 Å². The fourth-order valence-electron chi connectivity index (χ4n) is 3.26. The Morgan fingerprint density at radius 3 is 2.48 bits per heavy atom. The van der Waals surface area contributed by atoms with Gasteiger partial charge in [0.25, 0.3) is 10.0 Å². The van der Waals surface area contributed by atoms with Crippen LogP contribution in [0.1, 0.15) is 31.0 Å². The van der Waals surface area contributed by atoms with Crippen LogP contribution in [0.2, 0.25) is 0 Å². The zero-order valence-corrected chi connectivity index (χ0v) is 17.3. The molecule has 1 N–H and O–H groups in total. The summed E-state index contributed by atoms with van der Waals surface area (Å²) in [6, 6.07) is 18.1. The number of pyridine rings is 1. The summed E-state index contributed by atoms with van der Waals surface area (Å²) in [5, 5.41) is 5.40. The summed E-state index contributed by atoms with van der Waals surface area (Å²) in [5.74, 6) is 0.718. The predicted molar refractivity (Wildman–Crippen MR) is 115 cm³/mol. The second-order valence-electron chi connectivity index (χ2n) is 7.26. The van der Waals surface area contributed by atoms with Crippen LogP contribution in [-0.2, 0) is 10.0 Å². The first-order chi connectivity index (χ1) is 13.8. The Bertz CT molecular complexity index is 1270. The SMILES string of the molecule is Cc1cc(NS(=O)(=O)c2ccc(C(C)C)cc2)n(-c2cccc3ncccc23)n1. The van der Waals surface area contributed by atoms with Crippen molar-refractivity contribution in [1.82, 2.24) is 14.8 Å². The van der Waals surface area contributed by atoms with Crippen molar-refractivity contribution in [3.8, 4) is 5.69 Å². The summed E-state index contributed by atoms with van der Waals surface area (Å²) in [7, 11) is -3.75. The van der Waals surface area contributed by atoms with E-state index in [0.717, 1.165) is 22.2 Å². The van der Waals surface area contributed by atoms with E-state index in [1.807, 2.05) is 49.4 Å². The minimum Gasteiger partial charge on any atom is -0.263 e. The maximum absolute atomic E-state index is 13.0. The maximum Gasteiger partial charge on any atom is 0.263 e. The number of nitrogens with zero attached hydrogens (tertiary/aromatic N) is 3. The van der Waals surface area contributed by atoms with Crippen LogP contribution < -0.4 is 4.72 Å². The Hall–Kier alpha value is -3.19. The second kappa shape index (κ2) is 7.33. The predicted octanol–water partition coefficient (Wildman–Crippen LogP) is 4.65. The molecule has 0 fully saturated rings. The van der Waals surface area contributed by atoms with E-state index in [9.17, 15) is 8.42 Å². The minimum absolute atomic E-state index is 0.215. The average Bonchev–Trinajstić information content (AvgIpc) is 3.06. The van der Waals surface area contributed by atoms with Crippen molar-refractivity contribution in [1.29, 1.82) is 0 Å². The molecule has 0 amide bonds. The van der Waals surface area contributed by atoms with Gasteiger partial charge in [0, 0.05) is 17.6 Å². The molecule has 148 valence electrons. The highest BCUT2D eigenvalue weighted by Crippen LogP contribution is 2.26. The number of aromatic nitrogens is 3. The highest BCUT2D eigenvalue weighted by molar-refractivity contribution is 7.92. The van der Waals surface area contributed by atoms with E-state index >= 15 is 0 Å². The van der Waals surface area contributed by atoms with E-state index in [0.29, 0.717) is 17.4 Å². The molecule has 0 bridgehead atoms. The van der Waals surface area contributed by atoms with E-state index in [2.05, 4.69) is 28.7 Å². The zero-order chi connectivity index (χ0) is 20.6. The van der Waals surface area contributed by atoms with Gasteiger partial charge in [-0.3, -0.25) is 9.71 Å². The van der Waals surface area contributed by atoms with E-state index in [-0.39, 0.29) is 4.90 Å². The fraction of sp³-hybridized carbons (Fsp3) is 0.182. The number of anilines is 1. The Morgan fingerprint density at radius 1 is 1.00 bits per heavy atom. The van der Waals surface area contributed by atoms with Gasteiger partial charge < -0.3 is 0 Å². The van der Waals surface area contributed by atoms with Crippen molar-refractivity contribution in [2.75, 3.05) is 4.72 Å².